The molecular weight excluding hydrogens is 463 g/mol. The van der Waals surface area contributed by atoms with E-state index in [9.17, 15) is 23.9 Å². The Morgan fingerprint density at radius 2 is 1.75 bits per heavy atom. The van der Waals surface area contributed by atoms with E-state index in [4.69, 9.17) is 4.42 Å². The van der Waals surface area contributed by atoms with Gasteiger partial charge in [0.15, 0.2) is 11.0 Å². The average Bonchev–Trinajstić information content (AvgIpc) is 3.26. The molecule has 0 saturated heterocycles. The van der Waals surface area contributed by atoms with Gasteiger partial charge in [-0.2, -0.15) is 0 Å². The number of carbonyl (C=O) groups excluding carboxylic acids is 2. The number of anilines is 1. The Hall–Kier alpha value is -4.30. The number of amides is 2. The van der Waals surface area contributed by atoms with Gasteiger partial charge in [-0.1, -0.05) is 42.5 Å². The number of nitrogens with zero attached hydrogens (tertiary/aromatic N) is 2. The van der Waals surface area contributed by atoms with Gasteiger partial charge in [-0.3, -0.25) is 14.4 Å². The Labute approximate surface area is 205 Å². The lowest BCUT2D eigenvalue weighted by atomic mass is 9.84. The molecule has 4 aromatic rings. The number of benzene rings is 3. The van der Waals surface area contributed by atoms with E-state index in [1.807, 2.05) is 31.2 Å². The van der Waals surface area contributed by atoms with E-state index in [1.54, 1.807) is 29.2 Å². The lowest BCUT2D eigenvalue weighted by molar-refractivity contribution is -0.126. The Bertz CT molecular complexity index is 1650. The maximum atomic E-state index is 14.4. The molecule has 3 aromatic carbocycles. The standard InChI is InChI=1S/C28H21FN2O5/c1-16-6-2-3-7-17(16)15-30-21-9-5-4-8-20(21)28(27(30)35)23-24(33)19-14-18(29)10-11-22(19)36-25(23)26(34)31(28)12-13-32/h2-11,14,32H,12-13,15H2,1H3. The summed E-state index contributed by atoms with van der Waals surface area (Å²) in [6.07, 6.45) is 0. The summed E-state index contributed by atoms with van der Waals surface area (Å²) in [7, 11) is 0. The molecule has 0 aliphatic carbocycles. The monoisotopic (exact) mass is 484 g/mol. The fourth-order valence-electron chi connectivity index (χ4n) is 5.48. The molecule has 7 nitrogen and oxygen atoms in total. The van der Waals surface area contributed by atoms with Crippen molar-refractivity contribution in [3.8, 4) is 0 Å². The first-order chi connectivity index (χ1) is 17.4. The van der Waals surface area contributed by atoms with Gasteiger partial charge < -0.3 is 19.3 Å². The fraction of sp³-hybridized carbons (Fsp3) is 0.179. The van der Waals surface area contributed by atoms with Crippen LogP contribution in [0.1, 0.15) is 32.8 Å². The summed E-state index contributed by atoms with van der Waals surface area (Å²) in [5.74, 6) is -2.09. The predicted molar refractivity (Wildman–Crippen MR) is 130 cm³/mol. The minimum absolute atomic E-state index is 0.0463. The third-order valence-corrected chi connectivity index (χ3v) is 7.11. The van der Waals surface area contributed by atoms with E-state index in [1.165, 1.54) is 11.0 Å². The van der Waals surface area contributed by atoms with Crippen molar-refractivity contribution in [2.75, 3.05) is 18.1 Å². The van der Waals surface area contributed by atoms with Crippen LogP contribution in [0.4, 0.5) is 10.1 Å². The number of para-hydroxylation sites is 1. The molecule has 0 radical (unpaired) electrons. The van der Waals surface area contributed by atoms with Gasteiger partial charge in [0.05, 0.1) is 29.8 Å². The van der Waals surface area contributed by atoms with E-state index in [0.29, 0.717) is 11.3 Å². The second-order valence-electron chi connectivity index (χ2n) is 9.00. The van der Waals surface area contributed by atoms with Crippen molar-refractivity contribution < 1.29 is 23.5 Å². The second-order valence-corrected chi connectivity index (χ2v) is 9.00. The molecule has 180 valence electrons. The molecule has 2 aliphatic heterocycles. The van der Waals surface area contributed by atoms with Gasteiger partial charge in [-0.05, 0) is 42.3 Å². The highest BCUT2D eigenvalue weighted by atomic mass is 19.1. The zero-order chi connectivity index (χ0) is 25.2. The topological polar surface area (TPSA) is 91.1 Å². The van der Waals surface area contributed by atoms with Crippen molar-refractivity contribution in [3.05, 3.63) is 111 Å². The van der Waals surface area contributed by atoms with E-state index in [0.717, 1.165) is 23.3 Å². The first-order valence-corrected chi connectivity index (χ1v) is 11.5. The summed E-state index contributed by atoms with van der Waals surface area (Å²) < 4.78 is 19.9. The van der Waals surface area contributed by atoms with Crippen LogP contribution >= 0.6 is 0 Å². The molecule has 1 spiro atoms. The number of β-amino-alcohol motifs (C(OH)–C–C–N with tert-alkyl or cyclic N) is 1. The molecule has 0 bridgehead atoms. The van der Waals surface area contributed by atoms with Gasteiger partial charge >= 0.3 is 0 Å². The highest BCUT2D eigenvalue weighted by Crippen LogP contribution is 2.52. The highest BCUT2D eigenvalue weighted by Gasteiger charge is 2.64. The van der Waals surface area contributed by atoms with Crippen molar-refractivity contribution >= 4 is 28.5 Å². The summed E-state index contributed by atoms with van der Waals surface area (Å²) in [5, 5.41) is 9.80. The van der Waals surface area contributed by atoms with Crippen LogP contribution in [0.5, 0.6) is 0 Å². The Morgan fingerprint density at radius 1 is 1.00 bits per heavy atom. The summed E-state index contributed by atoms with van der Waals surface area (Å²) in [6, 6.07) is 18.1. The number of hydrogen-bond acceptors (Lipinski definition) is 5. The number of aliphatic hydroxyl groups is 1. The van der Waals surface area contributed by atoms with Crippen molar-refractivity contribution in [2.45, 2.75) is 19.0 Å². The molecule has 2 aliphatic rings. The van der Waals surface area contributed by atoms with Gasteiger partial charge in [0.2, 0.25) is 5.76 Å². The minimum Gasteiger partial charge on any atom is -0.450 e. The SMILES string of the molecule is Cc1ccccc1CN1C(=O)C2(c3ccccc31)c1c(oc3ccc(F)cc3c1=O)C(=O)N2CCO. The van der Waals surface area contributed by atoms with Crippen LogP contribution in [0.25, 0.3) is 11.0 Å². The summed E-state index contributed by atoms with van der Waals surface area (Å²) >= 11 is 0. The van der Waals surface area contributed by atoms with Crippen LogP contribution in [0.3, 0.4) is 0 Å². The molecular formula is C28H21FN2O5. The summed E-state index contributed by atoms with van der Waals surface area (Å²) in [5.41, 5.74) is 0.285. The fourth-order valence-corrected chi connectivity index (χ4v) is 5.48. The maximum absolute atomic E-state index is 14.4. The van der Waals surface area contributed by atoms with E-state index < -0.39 is 35.2 Å². The van der Waals surface area contributed by atoms with Gasteiger partial charge in [-0.15, -0.1) is 0 Å². The van der Waals surface area contributed by atoms with E-state index in [2.05, 4.69) is 0 Å². The highest BCUT2D eigenvalue weighted by molar-refractivity contribution is 6.17. The third-order valence-electron chi connectivity index (χ3n) is 7.11. The molecule has 1 N–H and O–H groups in total. The normalized spacial score (nSPS) is 18.4. The molecule has 2 amide bonds. The smallest absolute Gasteiger partial charge is 0.291 e. The molecule has 8 heteroatoms. The molecule has 1 unspecified atom stereocenters. The number of aryl methyl sites for hydroxylation is 1. The summed E-state index contributed by atoms with van der Waals surface area (Å²) in [6.45, 7) is 1.52. The minimum atomic E-state index is -1.84. The van der Waals surface area contributed by atoms with Gasteiger partial charge in [0.25, 0.3) is 11.8 Å². The quantitative estimate of drug-likeness (QED) is 0.479. The van der Waals surface area contributed by atoms with Crippen LogP contribution in [-0.4, -0.2) is 35.0 Å². The van der Waals surface area contributed by atoms with Crippen LogP contribution in [0.15, 0.2) is 75.9 Å². The molecule has 6 rings (SSSR count). The number of aliphatic hydroxyl groups excluding tert-OH is 1. The molecule has 0 saturated carbocycles. The van der Waals surface area contributed by atoms with Crippen LogP contribution < -0.4 is 10.3 Å². The van der Waals surface area contributed by atoms with Gasteiger partial charge in [0.1, 0.15) is 11.4 Å². The molecule has 3 heterocycles. The molecule has 1 aromatic heterocycles. The van der Waals surface area contributed by atoms with E-state index >= 15 is 0 Å². The van der Waals surface area contributed by atoms with Crippen molar-refractivity contribution in [1.29, 1.82) is 0 Å². The first-order valence-electron chi connectivity index (χ1n) is 11.5. The molecule has 36 heavy (non-hydrogen) atoms. The molecule has 1 atom stereocenters. The van der Waals surface area contributed by atoms with Crippen LogP contribution in [0.2, 0.25) is 0 Å². The maximum Gasteiger partial charge on any atom is 0.291 e. The number of halogens is 1. The number of hydrogen-bond donors (Lipinski definition) is 1. The van der Waals surface area contributed by atoms with Crippen LogP contribution in [-0.2, 0) is 16.9 Å². The Balaban J connectivity index is 1.67. The third kappa shape index (κ3) is 2.79. The van der Waals surface area contributed by atoms with Crippen molar-refractivity contribution in [3.63, 3.8) is 0 Å². The number of carbonyl (C=O) groups is 2. The lowest BCUT2D eigenvalue weighted by Gasteiger charge is -2.33. The second kappa shape index (κ2) is 7.86. The predicted octanol–water partition coefficient (Wildman–Crippen LogP) is 3.48. The van der Waals surface area contributed by atoms with E-state index in [-0.39, 0.29) is 35.4 Å². The van der Waals surface area contributed by atoms with Crippen molar-refractivity contribution in [1.82, 2.24) is 4.90 Å². The molecule has 0 fully saturated rings. The number of rotatable bonds is 4. The summed E-state index contributed by atoms with van der Waals surface area (Å²) in [4.78, 5) is 44.7. The largest absolute Gasteiger partial charge is 0.450 e. The Kier molecular flexibility index (Phi) is 4.84. The van der Waals surface area contributed by atoms with Gasteiger partial charge in [-0.25, -0.2) is 4.39 Å². The zero-order valence-electron chi connectivity index (χ0n) is 19.3. The van der Waals surface area contributed by atoms with Crippen molar-refractivity contribution in [2.24, 2.45) is 0 Å². The first kappa shape index (κ1) is 22.2. The number of fused-ring (bicyclic) bond motifs is 5. The van der Waals surface area contributed by atoms with Crippen LogP contribution in [0, 0.1) is 12.7 Å². The Morgan fingerprint density at radius 3 is 2.53 bits per heavy atom. The van der Waals surface area contributed by atoms with Gasteiger partial charge in [0, 0.05) is 12.1 Å². The lowest BCUT2D eigenvalue weighted by Crippen LogP contribution is -2.54. The average molecular weight is 484 g/mol. The zero-order valence-corrected chi connectivity index (χ0v) is 19.3.